The van der Waals surface area contributed by atoms with E-state index in [9.17, 15) is 9.18 Å². The maximum absolute atomic E-state index is 11.9. The number of nitrogens with one attached hydrogen (secondary N) is 1. The summed E-state index contributed by atoms with van der Waals surface area (Å²) in [6.45, 7) is 1.63. The fourth-order valence-electron chi connectivity index (χ4n) is 1.74. The van der Waals surface area contributed by atoms with Gasteiger partial charge in [0.25, 0.3) is 0 Å². The zero-order chi connectivity index (χ0) is 13.4. The molecular formula is C14H21FN2O. The largest absolute Gasteiger partial charge is 0.399 e. The molecule has 100 valence electrons. The van der Waals surface area contributed by atoms with E-state index in [0.717, 1.165) is 18.4 Å². The molecule has 3 nitrogen and oxygen atoms in total. The molecule has 1 rings (SSSR count). The highest BCUT2D eigenvalue weighted by atomic mass is 19.1. The quantitative estimate of drug-likeness (QED) is 0.579. The van der Waals surface area contributed by atoms with E-state index in [1.807, 2.05) is 31.2 Å². The van der Waals surface area contributed by atoms with E-state index in [1.165, 1.54) is 0 Å². The summed E-state index contributed by atoms with van der Waals surface area (Å²) in [4.78, 5) is 11.6. The van der Waals surface area contributed by atoms with Crippen LogP contribution in [0, 0.1) is 0 Å². The van der Waals surface area contributed by atoms with Crippen molar-refractivity contribution in [1.29, 1.82) is 0 Å². The highest BCUT2D eigenvalue weighted by molar-refractivity contribution is 5.76. The number of unbranched alkanes of at least 4 members (excludes halogenated alkanes) is 2. The number of nitrogen functional groups attached to an aromatic ring is 1. The second-order valence-corrected chi connectivity index (χ2v) is 4.46. The summed E-state index contributed by atoms with van der Waals surface area (Å²) in [7, 11) is 0. The van der Waals surface area contributed by atoms with Crippen LogP contribution in [0.2, 0.25) is 0 Å². The van der Waals surface area contributed by atoms with Gasteiger partial charge >= 0.3 is 0 Å². The Bertz CT molecular complexity index is 365. The molecule has 0 heterocycles. The van der Waals surface area contributed by atoms with Gasteiger partial charge in [0, 0.05) is 12.1 Å². The Labute approximate surface area is 108 Å². The molecule has 0 radical (unpaired) electrons. The molecule has 4 heteroatoms. The van der Waals surface area contributed by atoms with Crippen LogP contribution in [0.5, 0.6) is 0 Å². The number of halogens is 1. The Morgan fingerprint density at radius 1 is 1.28 bits per heavy atom. The van der Waals surface area contributed by atoms with E-state index in [4.69, 9.17) is 5.73 Å². The van der Waals surface area contributed by atoms with E-state index < -0.39 is 0 Å². The summed E-state index contributed by atoms with van der Waals surface area (Å²) in [5.41, 5.74) is 7.34. The van der Waals surface area contributed by atoms with E-state index in [1.54, 1.807) is 0 Å². The Balaban J connectivity index is 2.33. The van der Waals surface area contributed by atoms with Gasteiger partial charge in [-0.2, -0.15) is 0 Å². The molecule has 0 aliphatic rings. The average molecular weight is 252 g/mol. The first-order chi connectivity index (χ1) is 8.63. The molecule has 3 N–H and O–H groups in total. The monoisotopic (exact) mass is 252 g/mol. The number of carbonyl (C=O) groups excluding carboxylic acids is 1. The second-order valence-electron chi connectivity index (χ2n) is 4.46. The van der Waals surface area contributed by atoms with E-state index in [2.05, 4.69) is 5.32 Å². The number of anilines is 1. The van der Waals surface area contributed by atoms with Crippen molar-refractivity contribution < 1.29 is 9.18 Å². The minimum atomic E-state index is -0.302. The standard InChI is InChI=1S/C14H21FN2O/c1-11(12-6-8-13(16)9-7-12)17-14(18)5-3-2-4-10-15/h6-9,11H,2-5,10,16H2,1H3,(H,17,18)/t11-/m0/s1. The van der Waals surface area contributed by atoms with Crippen molar-refractivity contribution in [2.75, 3.05) is 12.4 Å². The van der Waals surface area contributed by atoms with Crippen molar-refractivity contribution in [2.45, 2.75) is 38.6 Å². The average Bonchev–Trinajstić information content (AvgIpc) is 2.35. The van der Waals surface area contributed by atoms with Crippen LogP contribution in [0.1, 0.15) is 44.2 Å². The van der Waals surface area contributed by atoms with Crippen molar-refractivity contribution in [1.82, 2.24) is 5.32 Å². The molecule has 0 saturated carbocycles. The first kappa shape index (κ1) is 14.5. The van der Waals surface area contributed by atoms with E-state index >= 15 is 0 Å². The molecule has 0 aromatic heterocycles. The maximum atomic E-state index is 11.9. The summed E-state index contributed by atoms with van der Waals surface area (Å²) in [5.74, 6) is 0.0122. The molecule has 0 unspecified atom stereocenters. The number of amides is 1. The van der Waals surface area contributed by atoms with Gasteiger partial charge in [0.2, 0.25) is 5.91 Å². The van der Waals surface area contributed by atoms with Crippen LogP contribution in [0.15, 0.2) is 24.3 Å². The Morgan fingerprint density at radius 2 is 1.94 bits per heavy atom. The van der Waals surface area contributed by atoms with Gasteiger partial charge in [-0.3, -0.25) is 9.18 Å². The van der Waals surface area contributed by atoms with E-state index in [-0.39, 0.29) is 18.6 Å². The summed E-state index contributed by atoms with van der Waals surface area (Å²) >= 11 is 0. The van der Waals surface area contributed by atoms with Crippen molar-refractivity contribution in [3.8, 4) is 0 Å². The number of benzene rings is 1. The summed E-state index contributed by atoms with van der Waals surface area (Å²) < 4.78 is 11.9. The number of hydrogen-bond acceptors (Lipinski definition) is 2. The Morgan fingerprint density at radius 3 is 2.56 bits per heavy atom. The van der Waals surface area contributed by atoms with Gasteiger partial charge in [-0.25, -0.2) is 0 Å². The lowest BCUT2D eigenvalue weighted by Crippen LogP contribution is -2.26. The number of rotatable bonds is 7. The van der Waals surface area contributed by atoms with Crippen molar-refractivity contribution in [3.63, 3.8) is 0 Å². The molecular weight excluding hydrogens is 231 g/mol. The van der Waals surface area contributed by atoms with Crippen LogP contribution >= 0.6 is 0 Å². The molecule has 1 amide bonds. The molecule has 0 spiro atoms. The molecule has 0 aliphatic carbocycles. The minimum Gasteiger partial charge on any atom is -0.399 e. The molecule has 0 saturated heterocycles. The fraction of sp³-hybridized carbons (Fsp3) is 0.500. The van der Waals surface area contributed by atoms with Crippen molar-refractivity contribution in [3.05, 3.63) is 29.8 Å². The van der Waals surface area contributed by atoms with Gasteiger partial charge in [0.15, 0.2) is 0 Å². The van der Waals surface area contributed by atoms with Crippen LogP contribution < -0.4 is 11.1 Å². The third kappa shape index (κ3) is 5.17. The number of carbonyl (C=O) groups is 1. The predicted octanol–water partition coefficient (Wildman–Crippen LogP) is 2.98. The summed E-state index contributed by atoms with van der Waals surface area (Å²) in [6.07, 6.45) is 2.50. The van der Waals surface area contributed by atoms with Gasteiger partial charge < -0.3 is 11.1 Å². The van der Waals surface area contributed by atoms with Crippen LogP contribution in [0.4, 0.5) is 10.1 Å². The lowest BCUT2D eigenvalue weighted by molar-refractivity contribution is -0.121. The first-order valence-corrected chi connectivity index (χ1v) is 6.34. The normalized spacial score (nSPS) is 12.1. The molecule has 0 aliphatic heterocycles. The SMILES string of the molecule is C[C@H](NC(=O)CCCCCF)c1ccc(N)cc1. The number of hydrogen-bond donors (Lipinski definition) is 2. The zero-order valence-electron chi connectivity index (χ0n) is 10.8. The number of nitrogens with two attached hydrogens (primary N) is 1. The maximum Gasteiger partial charge on any atom is 0.220 e. The Hall–Kier alpha value is -1.58. The minimum absolute atomic E-state index is 0.0122. The van der Waals surface area contributed by atoms with Crippen molar-refractivity contribution >= 4 is 11.6 Å². The van der Waals surface area contributed by atoms with Crippen LogP contribution in [-0.4, -0.2) is 12.6 Å². The number of alkyl halides is 1. The summed E-state index contributed by atoms with van der Waals surface area (Å²) in [6, 6.07) is 7.42. The predicted molar refractivity (Wildman–Crippen MR) is 71.9 cm³/mol. The third-order valence-electron chi connectivity index (χ3n) is 2.85. The zero-order valence-corrected chi connectivity index (χ0v) is 10.8. The smallest absolute Gasteiger partial charge is 0.220 e. The molecule has 0 fully saturated rings. The molecule has 1 aromatic rings. The molecule has 18 heavy (non-hydrogen) atoms. The highest BCUT2D eigenvalue weighted by Gasteiger charge is 2.08. The highest BCUT2D eigenvalue weighted by Crippen LogP contribution is 2.14. The van der Waals surface area contributed by atoms with Crippen LogP contribution in [-0.2, 0) is 4.79 Å². The molecule has 1 aromatic carbocycles. The summed E-state index contributed by atoms with van der Waals surface area (Å²) in [5, 5.41) is 2.92. The van der Waals surface area contributed by atoms with Gasteiger partial charge in [-0.15, -0.1) is 0 Å². The van der Waals surface area contributed by atoms with Gasteiger partial charge in [0.05, 0.1) is 12.7 Å². The van der Waals surface area contributed by atoms with Crippen LogP contribution in [0.3, 0.4) is 0 Å². The van der Waals surface area contributed by atoms with Gasteiger partial charge in [-0.05, 0) is 37.5 Å². The Kier molecular flexibility index (Phi) is 6.19. The van der Waals surface area contributed by atoms with Gasteiger partial charge in [-0.1, -0.05) is 18.6 Å². The topological polar surface area (TPSA) is 55.1 Å². The van der Waals surface area contributed by atoms with Gasteiger partial charge in [0.1, 0.15) is 0 Å². The third-order valence-corrected chi connectivity index (χ3v) is 2.85. The second kappa shape index (κ2) is 7.69. The van der Waals surface area contributed by atoms with Crippen molar-refractivity contribution in [2.24, 2.45) is 0 Å². The molecule has 0 bridgehead atoms. The first-order valence-electron chi connectivity index (χ1n) is 6.34. The molecule has 1 atom stereocenters. The van der Waals surface area contributed by atoms with Crippen LogP contribution in [0.25, 0.3) is 0 Å². The lowest BCUT2D eigenvalue weighted by Gasteiger charge is -2.14. The fourth-order valence-corrected chi connectivity index (χ4v) is 1.74. The lowest BCUT2D eigenvalue weighted by atomic mass is 10.1. The van der Waals surface area contributed by atoms with E-state index in [0.29, 0.717) is 18.5 Å².